The van der Waals surface area contributed by atoms with Crippen molar-refractivity contribution < 1.29 is 14.3 Å². The molecule has 3 rings (SSSR count). The van der Waals surface area contributed by atoms with Gasteiger partial charge in [0.1, 0.15) is 5.75 Å². The summed E-state index contributed by atoms with van der Waals surface area (Å²) >= 11 is 0. The maximum Gasteiger partial charge on any atom is 0.241 e. The minimum atomic E-state index is -0.0687. The maximum atomic E-state index is 12.6. The van der Waals surface area contributed by atoms with E-state index in [-0.39, 0.29) is 30.9 Å². The summed E-state index contributed by atoms with van der Waals surface area (Å²) in [5.41, 5.74) is 3.10. The van der Waals surface area contributed by atoms with Crippen molar-refractivity contribution in [3.8, 4) is 5.75 Å². The Labute approximate surface area is 166 Å². The molecule has 0 saturated carbocycles. The number of carbonyl (C=O) groups excluding carboxylic acids is 2. The van der Waals surface area contributed by atoms with Crippen molar-refractivity contribution in [1.82, 2.24) is 10.2 Å². The van der Waals surface area contributed by atoms with Crippen LogP contribution < -0.4 is 15.0 Å². The second-order valence-electron chi connectivity index (χ2n) is 7.16. The van der Waals surface area contributed by atoms with Gasteiger partial charge < -0.3 is 15.0 Å². The number of rotatable bonds is 6. The van der Waals surface area contributed by atoms with E-state index in [0.717, 1.165) is 22.6 Å². The third-order valence-electron chi connectivity index (χ3n) is 5.18. The number of ether oxygens (including phenoxy) is 1. The van der Waals surface area contributed by atoms with Crippen molar-refractivity contribution in [3.05, 3.63) is 59.7 Å². The lowest BCUT2D eigenvalue weighted by Crippen LogP contribution is -2.57. The van der Waals surface area contributed by atoms with Gasteiger partial charge in [0.25, 0.3) is 0 Å². The van der Waals surface area contributed by atoms with Gasteiger partial charge in [0, 0.05) is 24.8 Å². The van der Waals surface area contributed by atoms with Crippen molar-refractivity contribution in [3.63, 3.8) is 0 Å². The number of aryl methyl sites for hydroxylation is 1. The van der Waals surface area contributed by atoms with Gasteiger partial charge in [-0.05, 0) is 49.2 Å². The third-order valence-corrected chi connectivity index (χ3v) is 5.18. The highest BCUT2D eigenvalue weighted by molar-refractivity contribution is 5.96. The number of amides is 2. The number of benzene rings is 2. The van der Waals surface area contributed by atoms with Crippen LogP contribution in [0.5, 0.6) is 5.75 Å². The van der Waals surface area contributed by atoms with Crippen LogP contribution in [0.4, 0.5) is 5.69 Å². The normalized spacial score (nSPS) is 17.5. The predicted molar refractivity (Wildman–Crippen MR) is 109 cm³/mol. The van der Waals surface area contributed by atoms with E-state index < -0.39 is 0 Å². The molecule has 1 N–H and O–H groups in total. The quantitative estimate of drug-likeness (QED) is 0.834. The largest absolute Gasteiger partial charge is 0.497 e. The molecule has 0 radical (unpaired) electrons. The zero-order chi connectivity index (χ0) is 20.1. The first-order chi connectivity index (χ1) is 13.5. The second-order valence-corrected chi connectivity index (χ2v) is 7.16. The molecule has 148 valence electrons. The molecule has 0 aliphatic carbocycles. The van der Waals surface area contributed by atoms with Gasteiger partial charge >= 0.3 is 0 Å². The number of piperazine rings is 1. The van der Waals surface area contributed by atoms with E-state index in [0.29, 0.717) is 13.1 Å². The lowest BCUT2D eigenvalue weighted by Gasteiger charge is -2.39. The van der Waals surface area contributed by atoms with E-state index in [9.17, 15) is 9.59 Å². The lowest BCUT2D eigenvalue weighted by molar-refractivity contribution is -0.126. The number of methoxy groups -OCH3 is 1. The van der Waals surface area contributed by atoms with Crippen LogP contribution in [-0.4, -0.2) is 49.5 Å². The molecular formula is C22H27N3O3. The van der Waals surface area contributed by atoms with Crippen molar-refractivity contribution in [1.29, 1.82) is 0 Å². The molecular weight excluding hydrogens is 354 g/mol. The standard InChI is InChI=1S/C22H27N3O3/c1-16-6-4-5-7-18(16)12-23-21(26)14-24-15-22(27)25(13-17(24)2)19-8-10-20(28-3)11-9-19/h4-11,17H,12-15H2,1-3H3,(H,23,26). The summed E-state index contributed by atoms with van der Waals surface area (Å²) in [6.45, 7) is 5.56. The van der Waals surface area contributed by atoms with E-state index in [1.54, 1.807) is 12.0 Å². The molecule has 0 bridgehead atoms. The van der Waals surface area contributed by atoms with Crippen LogP contribution >= 0.6 is 0 Å². The van der Waals surface area contributed by atoms with Crippen molar-refractivity contribution in [2.45, 2.75) is 26.4 Å². The molecule has 28 heavy (non-hydrogen) atoms. The molecule has 1 unspecified atom stereocenters. The maximum absolute atomic E-state index is 12.6. The highest BCUT2D eigenvalue weighted by Gasteiger charge is 2.31. The summed E-state index contributed by atoms with van der Waals surface area (Å²) in [6, 6.07) is 15.5. The number of nitrogens with zero attached hydrogens (tertiary/aromatic N) is 2. The second kappa shape index (κ2) is 8.89. The van der Waals surface area contributed by atoms with Gasteiger partial charge in [-0.25, -0.2) is 0 Å². The van der Waals surface area contributed by atoms with Crippen LogP contribution in [0.1, 0.15) is 18.1 Å². The molecule has 2 aromatic carbocycles. The number of anilines is 1. The van der Waals surface area contributed by atoms with Gasteiger partial charge in [0.2, 0.25) is 11.8 Å². The van der Waals surface area contributed by atoms with Crippen molar-refractivity contribution in [2.75, 3.05) is 31.6 Å². The molecule has 6 nitrogen and oxygen atoms in total. The smallest absolute Gasteiger partial charge is 0.241 e. The molecule has 1 atom stereocenters. The topological polar surface area (TPSA) is 61.9 Å². The van der Waals surface area contributed by atoms with Crippen LogP contribution in [0, 0.1) is 6.92 Å². The van der Waals surface area contributed by atoms with Gasteiger partial charge in [-0.15, -0.1) is 0 Å². The predicted octanol–water partition coefficient (Wildman–Crippen LogP) is 2.36. The molecule has 2 aromatic rings. The Morgan fingerprint density at radius 1 is 1.18 bits per heavy atom. The highest BCUT2D eigenvalue weighted by Crippen LogP contribution is 2.23. The Balaban J connectivity index is 1.55. The summed E-state index contributed by atoms with van der Waals surface area (Å²) < 4.78 is 5.17. The minimum absolute atomic E-state index is 0.00466. The summed E-state index contributed by atoms with van der Waals surface area (Å²) in [5, 5.41) is 2.96. The van der Waals surface area contributed by atoms with Crippen LogP contribution in [-0.2, 0) is 16.1 Å². The molecule has 2 amide bonds. The van der Waals surface area contributed by atoms with Gasteiger partial charge in [-0.3, -0.25) is 14.5 Å². The zero-order valence-electron chi connectivity index (χ0n) is 16.6. The van der Waals surface area contributed by atoms with E-state index >= 15 is 0 Å². The number of carbonyl (C=O) groups is 2. The Bertz CT molecular complexity index is 835. The first-order valence-corrected chi connectivity index (χ1v) is 9.47. The van der Waals surface area contributed by atoms with Crippen LogP contribution in [0.3, 0.4) is 0 Å². The van der Waals surface area contributed by atoms with Crippen LogP contribution in [0.15, 0.2) is 48.5 Å². The summed E-state index contributed by atoms with van der Waals surface area (Å²) in [5.74, 6) is 0.684. The Hall–Kier alpha value is -2.86. The molecule has 1 saturated heterocycles. The third kappa shape index (κ3) is 4.70. The Morgan fingerprint density at radius 2 is 1.89 bits per heavy atom. The van der Waals surface area contributed by atoms with Crippen molar-refractivity contribution in [2.24, 2.45) is 0 Å². The monoisotopic (exact) mass is 381 g/mol. The molecule has 0 spiro atoms. The molecule has 1 heterocycles. The SMILES string of the molecule is COc1ccc(N2CC(C)N(CC(=O)NCc3ccccc3C)CC2=O)cc1. The number of nitrogens with one attached hydrogen (secondary N) is 1. The lowest BCUT2D eigenvalue weighted by atomic mass is 10.1. The summed E-state index contributed by atoms with van der Waals surface area (Å²) in [7, 11) is 1.62. The Morgan fingerprint density at radius 3 is 2.57 bits per heavy atom. The first-order valence-electron chi connectivity index (χ1n) is 9.47. The first kappa shape index (κ1) is 19.9. The van der Waals surface area contributed by atoms with Gasteiger partial charge in [0.15, 0.2) is 0 Å². The molecule has 1 aliphatic rings. The average molecular weight is 381 g/mol. The summed E-state index contributed by atoms with van der Waals surface area (Å²) in [4.78, 5) is 28.7. The fourth-order valence-corrected chi connectivity index (χ4v) is 3.36. The summed E-state index contributed by atoms with van der Waals surface area (Å²) in [6.07, 6.45) is 0. The van der Waals surface area contributed by atoms with Gasteiger partial charge in [-0.1, -0.05) is 24.3 Å². The number of hydrogen-bond donors (Lipinski definition) is 1. The van der Waals surface area contributed by atoms with Gasteiger partial charge in [0.05, 0.1) is 20.2 Å². The van der Waals surface area contributed by atoms with Crippen LogP contribution in [0.2, 0.25) is 0 Å². The fourth-order valence-electron chi connectivity index (χ4n) is 3.36. The zero-order valence-corrected chi connectivity index (χ0v) is 16.6. The minimum Gasteiger partial charge on any atom is -0.497 e. The fraction of sp³-hybridized carbons (Fsp3) is 0.364. The molecule has 1 aliphatic heterocycles. The van der Waals surface area contributed by atoms with Gasteiger partial charge in [-0.2, -0.15) is 0 Å². The Kier molecular flexibility index (Phi) is 6.31. The van der Waals surface area contributed by atoms with E-state index in [1.165, 1.54) is 0 Å². The van der Waals surface area contributed by atoms with Crippen LogP contribution in [0.25, 0.3) is 0 Å². The molecule has 1 fully saturated rings. The van der Waals surface area contributed by atoms with Crippen molar-refractivity contribution >= 4 is 17.5 Å². The van der Waals surface area contributed by atoms with E-state index in [1.807, 2.05) is 67.3 Å². The number of hydrogen-bond acceptors (Lipinski definition) is 4. The average Bonchev–Trinajstić information content (AvgIpc) is 2.70. The molecule has 0 aromatic heterocycles. The van der Waals surface area contributed by atoms with E-state index in [4.69, 9.17) is 4.74 Å². The highest BCUT2D eigenvalue weighted by atomic mass is 16.5. The molecule has 6 heteroatoms. The van der Waals surface area contributed by atoms with E-state index in [2.05, 4.69) is 5.32 Å².